The molecule has 1 N–H and O–H groups in total. The van der Waals surface area contributed by atoms with Crippen LogP contribution < -0.4 is 14.8 Å². The molecular formula is C22H20N2O7. The Hall–Kier alpha value is -4.32. The molecule has 1 amide bonds. The van der Waals surface area contributed by atoms with Gasteiger partial charge in [-0.05, 0) is 42.0 Å². The molecule has 0 saturated carbocycles. The van der Waals surface area contributed by atoms with Crippen molar-refractivity contribution in [3.63, 3.8) is 0 Å². The van der Waals surface area contributed by atoms with E-state index in [0.29, 0.717) is 17.1 Å². The van der Waals surface area contributed by atoms with E-state index in [1.165, 1.54) is 51.7 Å². The zero-order chi connectivity index (χ0) is 22.8. The van der Waals surface area contributed by atoms with Crippen molar-refractivity contribution in [2.45, 2.75) is 0 Å². The summed E-state index contributed by atoms with van der Waals surface area (Å²) in [6.45, 7) is -0.119. The van der Waals surface area contributed by atoms with Crippen molar-refractivity contribution in [1.29, 1.82) is 5.26 Å². The smallest absolute Gasteiger partial charge is 0.337 e. The molecule has 0 heterocycles. The molecule has 0 aliphatic heterocycles. The summed E-state index contributed by atoms with van der Waals surface area (Å²) in [5.41, 5.74) is 1.04. The maximum absolute atomic E-state index is 12.3. The Balaban J connectivity index is 2.20. The van der Waals surface area contributed by atoms with Gasteiger partial charge in [-0.3, -0.25) is 4.79 Å². The molecule has 9 heteroatoms. The molecule has 0 atom stereocenters. The summed E-state index contributed by atoms with van der Waals surface area (Å²) in [6, 6.07) is 10.9. The van der Waals surface area contributed by atoms with Gasteiger partial charge in [0.05, 0.1) is 32.5 Å². The van der Waals surface area contributed by atoms with Gasteiger partial charge in [0.1, 0.15) is 6.07 Å². The number of hydrogen-bond donors (Lipinski definition) is 1. The lowest BCUT2D eigenvalue weighted by Crippen LogP contribution is -2.12. The Morgan fingerprint density at radius 3 is 2.16 bits per heavy atom. The maximum atomic E-state index is 12.3. The Morgan fingerprint density at radius 2 is 1.61 bits per heavy atom. The van der Waals surface area contributed by atoms with Crippen molar-refractivity contribution in [2.24, 2.45) is 0 Å². The summed E-state index contributed by atoms with van der Waals surface area (Å²) < 4.78 is 19.8. The number of benzene rings is 2. The van der Waals surface area contributed by atoms with E-state index in [9.17, 15) is 14.4 Å². The minimum atomic E-state index is -0.664. The predicted octanol–water partition coefficient (Wildman–Crippen LogP) is 2.82. The van der Waals surface area contributed by atoms with Crippen LogP contribution in [-0.4, -0.2) is 45.8 Å². The van der Waals surface area contributed by atoms with Crippen LogP contribution in [0.15, 0.2) is 42.5 Å². The third-order valence-corrected chi connectivity index (χ3v) is 3.95. The molecule has 0 aliphatic carbocycles. The number of methoxy groups -OCH3 is 3. The van der Waals surface area contributed by atoms with Gasteiger partial charge in [-0.2, -0.15) is 5.26 Å². The molecule has 2 aromatic rings. The number of nitriles is 1. The molecular weight excluding hydrogens is 404 g/mol. The van der Waals surface area contributed by atoms with Gasteiger partial charge in [-0.1, -0.05) is 6.07 Å². The van der Waals surface area contributed by atoms with Crippen LogP contribution in [0.25, 0.3) is 6.08 Å². The highest BCUT2D eigenvalue weighted by Gasteiger charge is 2.14. The fraction of sp³-hybridized carbons (Fsp3) is 0.182. The highest BCUT2D eigenvalue weighted by Crippen LogP contribution is 2.28. The number of anilines is 1. The number of hydrogen-bond acceptors (Lipinski definition) is 8. The third kappa shape index (κ3) is 6.33. The molecule has 0 spiro atoms. The summed E-state index contributed by atoms with van der Waals surface area (Å²) in [4.78, 5) is 36.0. The zero-order valence-electron chi connectivity index (χ0n) is 17.1. The zero-order valence-corrected chi connectivity index (χ0v) is 17.1. The first-order chi connectivity index (χ1) is 14.9. The third-order valence-electron chi connectivity index (χ3n) is 3.95. The normalized spacial score (nSPS) is 10.1. The van der Waals surface area contributed by atoms with E-state index in [4.69, 9.17) is 14.7 Å². The number of rotatable bonds is 8. The number of nitrogens with zero attached hydrogens (tertiary/aromatic N) is 1. The van der Waals surface area contributed by atoms with Crippen LogP contribution in [0.2, 0.25) is 0 Å². The highest BCUT2D eigenvalue weighted by molar-refractivity contribution is 6.04. The van der Waals surface area contributed by atoms with E-state index in [1.54, 1.807) is 18.2 Å². The Bertz CT molecular complexity index is 1020. The SMILES string of the molecule is COC(=O)c1cc(NC(=O)/C=C/c2ccc(OCC#N)c(OC)c2)cc(C(=O)OC)c1. The number of nitrogens with one attached hydrogen (secondary N) is 1. The van der Waals surface area contributed by atoms with Gasteiger partial charge in [0, 0.05) is 11.8 Å². The average Bonchev–Trinajstić information content (AvgIpc) is 2.80. The van der Waals surface area contributed by atoms with Gasteiger partial charge in [0.15, 0.2) is 18.1 Å². The average molecular weight is 424 g/mol. The van der Waals surface area contributed by atoms with Crippen LogP contribution in [-0.2, 0) is 14.3 Å². The molecule has 0 aliphatic rings. The first kappa shape index (κ1) is 23.0. The number of carbonyl (C=O) groups is 3. The van der Waals surface area contributed by atoms with Crippen molar-refractivity contribution in [3.8, 4) is 17.6 Å². The summed E-state index contributed by atoms with van der Waals surface area (Å²) >= 11 is 0. The molecule has 0 radical (unpaired) electrons. The molecule has 0 fully saturated rings. The fourth-order valence-corrected chi connectivity index (χ4v) is 2.54. The summed E-state index contributed by atoms with van der Waals surface area (Å²) in [5, 5.41) is 11.2. The second kappa shape index (κ2) is 11.0. The van der Waals surface area contributed by atoms with Crippen LogP contribution in [0, 0.1) is 11.3 Å². The van der Waals surface area contributed by atoms with Gasteiger partial charge < -0.3 is 24.3 Å². The van der Waals surface area contributed by atoms with Gasteiger partial charge in [0.25, 0.3) is 0 Å². The fourth-order valence-electron chi connectivity index (χ4n) is 2.54. The first-order valence-electron chi connectivity index (χ1n) is 8.90. The van der Waals surface area contributed by atoms with Crippen LogP contribution in [0.3, 0.4) is 0 Å². The highest BCUT2D eigenvalue weighted by atomic mass is 16.5. The molecule has 31 heavy (non-hydrogen) atoms. The monoisotopic (exact) mass is 424 g/mol. The first-order valence-corrected chi connectivity index (χ1v) is 8.90. The number of esters is 2. The molecule has 160 valence electrons. The largest absolute Gasteiger partial charge is 0.493 e. The quantitative estimate of drug-likeness (QED) is 0.507. The molecule has 0 aromatic heterocycles. The lowest BCUT2D eigenvalue weighted by molar-refractivity contribution is -0.111. The van der Waals surface area contributed by atoms with Gasteiger partial charge in [-0.25, -0.2) is 9.59 Å². The number of amides is 1. The molecule has 9 nitrogen and oxygen atoms in total. The standard InChI is InChI=1S/C22H20N2O7/c1-28-19-10-14(4-6-18(19)31-9-8-23)5-7-20(25)24-17-12-15(21(26)29-2)11-16(13-17)22(27)30-3/h4-7,10-13H,9H2,1-3H3,(H,24,25)/b7-5+. The summed E-state index contributed by atoms with van der Waals surface area (Å²) in [7, 11) is 3.88. The summed E-state index contributed by atoms with van der Waals surface area (Å²) in [6.07, 6.45) is 2.81. The molecule has 0 bridgehead atoms. The Morgan fingerprint density at radius 1 is 0.968 bits per heavy atom. The molecule has 0 unspecified atom stereocenters. The van der Waals surface area contributed by atoms with Crippen LogP contribution in [0.4, 0.5) is 5.69 Å². The summed E-state index contributed by atoms with van der Waals surface area (Å²) in [5.74, 6) is -1.02. The van der Waals surface area contributed by atoms with Crippen molar-refractivity contribution in [2.75, 3.05) is 33.3 Å². The van der Waals surface area contributed by atoms with E-state index in [0.717, 1.165) is 0 Å². The lowest BCUT2D eigenvalue weighted by Gasteiger charge is -2.09. The van der Waals surface area contributed by atoms with Crippen LogP contribution in [0.1, 0.15) is 26.3 Å². The predicted molar refractivity (Wildman–Crippen MR) is 111 cm³/mol. The van der Waals surface area contributed by atoms with Crippen molar-refractivity contribution < 1.29 is 33.3 Å². The lowest BCUT2D eigenvalue weighted by atomic mass is 10.1. The molecule has 2 rings (SSSR count). The minimum absolute atomic E-state index is 0.0855. The van der Waals surface area contributed by atoms with Crippen molar-refractivity contribution in [3.05, 3.63) is 59.2 Å². The number of ether oxygens (including phenoxy) is 4. The van der Waals surface area contributed by atoms with E-state index >= 15 is 0 Å². The van der Waals surface area contributed by atoms with E-state index < -0.39 is 17.8 Å². The van der Waals surface area contributed by atoms with Gasteiger partial charge in [-0.15, -0.1) is 0 Å². The van der Waals surface area contributed by atoms with Gasteiger partial charge >= 0.3 is 11.9 Å². The topological polar surface area (TPSA) is 124 Å². The van der Waals surface area contributed by atoms with Crippen LogP contribution >= 0.6 is 0 Å². The second-order valence-electron chi connectivity index (χ2n) is 5.96. The van der Waals surface area contributed by atoms with Crippen molar-refractivity contribution >= 4 is 29.6 Å². The van der Waals surface area contributed by atoms with E-state index in [2.05, 4.69) is 14.8 Å². The van der Waals surface area contributed by atoms with Crippen molar-refractivity contribution in [1.82, 2.24) is 0 Å². The maximum Gasteiger partial charge on any atom is 0.337 e. The van der Waals surface area contributed by atoms with E-state index in [1.807, 2.05) is 6.07 Å². The Labute approximate surface area is 178 Å². The minimum Gasteiger partial charge on any atom is -0.493 e. The molecule has 0 saturated heterocycles. The van der Waals surface area contributed by atoms with E-state index in [-0.39, 0.29) is 23.4 Å². The number of carbonyl (C=O) groups excluding carboxylic acids is 3. The second-order valence-corrected chi connectivity index (χ2v) is 5.96. The van der Waals surface area contributed by atoms with Crippen LogP contribution in [0.5, 0.6) is 11.5 Å². The Kier molecular flexibility index (Phi) is 8.16. The molecule has 2 aromatic carbocycles. The van der Waals surface area contributed by atoms with Gasteiger partial charge in [0.2, 0.25) is 5.91 Å².